The highest BCUT2D eigenvalue weighted by Gasteiger charge is 2.34. The van der Waals surface area contributed by atoms with Gasteiger partial charge in [-0.3, -0.25) is 4.79 Å². The first kappa shape index (κ1) is 15.5. The van der Waals surface area contributed by atoms with Crippen LogP contribution in [-0.2, 0) is 11.2 Å². The molecule has 0 aliphatic carbocycles. The van der Waals surface area contributed by atoms with E-state index in [0.717, 1.165) is 38.9 Å². The van der Waals surface area contributed by atoms with Crippen molar-refractivity contribution in [2.75, 3.05) is 19.6 Å². The Morgan fingerprint density at radius 3 is 3.06 bits per heavy atom. The molecule has 2 N–H and O–H groups in total. The van der Waals surface area contributed by atoms with E-state index in [1.165, 1.54) is 4.88 Å². The number of hydrogen-bond acceptors (Lipinski definition) is 3. The third-order valence-electron chi connectivity index (χ3n) is 3.38. The molecule has 3 nitrogen and oxygen atoms in total. The number of nitrogens with one attached hydrogen (secondary N) is 2. The molecule has 5 heteroatoms. The summed E-state index contributed by atoms with van der Waals surface area (Å²) < 4.78 is 0. The largest absolute Gasteiger partial charge is 0.355 e. The second-order valence-electron chi connectivity index (χ2n) is 4.93. The normalized spacial score (nSPS) is 23.2. The summed E-state index contributed by atoms with van der Waals surface area (Å²) in [5.41, 5.74) is -0.215. The van der Waals surface area contributed by atoms with Gasteiger partial charge in [-0.2, -0.15) is 0 Å². The highest BCUT2D eigenvalue weighted by molar-refractivity contribution is 7.09. The van der Waals surface area contributed by atoms with Crippen molar-refractivity contribution in [1.82, 2.24) is 10.6 Å². The topological polar surface area (TPSA) is 41.1 Å². The van der Waals surface area contributed by atoms with Gasteiger partial charge < -0.3 is 10.6 Å². The Labute approximate surface area is 119 Å². The molecule has 1 aliphatic rings. The summed E-state index contributed by atoms with van der Waals surface area (Å²) in [7, 11) is 0. The predicted octanol–water partition coefficient (Wildman–Crippen LogP) is 2.22. The quantitative estimate of drug-likeness (QED) is 0.892. The summed E-state index contributed by atoms with van der Waals surface area (Å²) in [6, 6.07) is 4.16. The second kappa shape index (κ2) is 7.12. The molecule has 1 atom stereocenters. The molecule has 0 saturated carbocycles. The van der Waals surface area contributed by atoms with Crippen LogP contribution < -0.4 is 10.6 Å². The van der Waals surface area contributed by atoms with E-state index < -0.39 is 0 Å². The summed E-state index contributed by atoms with van der Waals surface area (Å²) in [4.78, 5) is 13.4. The van der Waals surface area contributed by atoms with E-state index >= 15 is 0 Å². The van der Waals surface area contributed by atoms with Crippen molar-refractivity contribution in [3.05, 3.63) is 22.4 Å². The van der Waals surface area contributed by atoms with E-state index in [2.05, 4.69) is 29.0 Å². The van der Waals surface area contributed by atoms with E-state index in [0.29, 0.717) is 0 Å². The number of amides is 1. The Bertz CT molecular complexity index is 361. The molecule has 1 aromatic rings. The molecule has 2 heterocycles. The van der Waals surface area contributed by atoms with Crippen molar-refractivity contribution in [2.24, 2.45) is 5.41 Å². The maximum Gasteiger partial charge on any atom is 0.227 e. The second-order valence-corrected chi connectivity index (χ2v) is 5.96. The van der Waals surface area contributed by atoms with E-state index in [1.54, 1.807) is 11.3 Å². The fourth-order valence-corrected chi connectivity index (χ4v) is 2.93. The van der Waals surface area contributed by atoms with Crippen LogP contribution in [0.5, 0.6) is 0 Å². The molecule has 1 aromatic heterocycles. The minimum Gasteiger partial charge on any atom is -0.355 e. The van der Waals surface area contributed by atoms with Gasteiger partial charge in [0.25, 0.3) is 0 Å². The standard InChI is InChI=1S/C13H20N2OS.ClH/c1-13(6-3-7-14-10-13)12(16)15-8-5-11-4-2-9-17-11;/h2,4,9,14H,3,5-8,10H2,1H3,(H,15,16);1H. The van der Waals surface area contributed by atoms with Crippen LogP contribution in [0.1, 0.15) is 24.6 Å². The van der Waals surface area contributed by atoms with Crippen LogP contribution in [-0.4, -0.2) is 25.5 Å². The van der Waals surface area contributed by atoms with Crippen molar-refractivity contribution < 1.29 is 4.79 Å². The van der Waals surface area contributed by atoms with Crippen LogP contribution in [0.15, 0.2) is 17.5 Å². The lowest BCUT2D eigenvalue weighted by Crippen LogP contribution is -2.49. The predicted molar refractivity (Wildman–Crippen MR) is 78.5 cm³/mol. The summed E-state index contributed by atoms with van der Waals surface area (Å²) in [6.45, 7) is 4.64. The first-order chi connectivity index (χ1) is 8.21. The van der Waals surface area contributed by atoms with Gasteiger partial charge in [0.05, 0.1) is 5.41 Å². The number of carbonyl (C=O) groups is 1. The average molecular weight is 289 g/mol. The number of carbonyl (C=O) groups excluding carboxylic acids is 1. The fourth-order valence-electron chi connectivity index (χ4n) is 2.22. The zero-order chi connectivity index (χ0) is 12.1. The molecule has 1 aliphatic heterocycles. The van der Waals surface area contributed by atoms with Crippen LogP contribution in [0, 0.1) is 5.41 Å². The lowest BCUT2D eigenvalue weighted by atomic mass is 9.82. The van der Waals surface area contributed by atoms with Crippen molar-refractivity contribution >= 4 is 29.7 Å². The maximum atomic E-state index is 12.1. The molecule has 0 spiro atoms. The molecule has 1 fully saturated rings. The van der Waals surface area contributed by atoms with Gasteiger partial charge in [-0.1, -0.05) is 6.07 Å². The summed E-state index contributed by atoms with van der Waals surface area (Å²) in [5, 5.41) is 8.43. The number of thiophene rings is 1. The van der Waals surface area contributed by atoms with Crippen molar-refractivity contribution in [2.45, 2.75) is 26.2 Å². The molecule has 1 saturated heterocycles. The third-order valence-corrected chi connectivity index (χ3v) is 4.32. The van der Waals surface area contributed by atoms with Gasteiger partial charge in [0, 0.05) is 18.0 Å². The van der Waals surface area contributed by atoms with Crippen LogP contribution in [0.3, 0.4) is 0 Å². The Morgan fingerprint density at radius 1 is 1.61 bits per heavy atom. The highest BCUT2D eigenvalue weighted by Crippen LogP contribution is 2.25. The lowest BCUT2D eigenvalue weighted by molar-refractivity contribution is -0.131. The van der Waals surface area contributed by atoms with Gasteiger partial charge in [-0.25, -0.2) is 0 Å². The summed E-state index contributed by atoms with van der Waals surface area (Å²) in [6.07, 6.45) is 3.02. The summed E-state index contributed by atoms with van der Waals surface area (Å²) >= 11 is 1.75. The van der Waals surface area contributed by atoms with Gasteiger partial charge in [-0.15, -0.1) is 23.7 Å². The first-order valence-electron chi connectivity index (χ1n) is 6.22. The SMILES string of the molecule is CC1(C(=O)NCCc2cccs2)CCCNC1.Cl. The third kappa shape index (κ3) is 3.97. The molecule has 0 bridgehead atoms. The van der Waals surface area contributed by atoms with Crippen molar-refractivity contribution in [1.29, 1.82) is 0 Å². The molecule has 1 amide bonds. The zero-order valence-electron chi connectivity index (χ0n) is 10.7. The zero-order valence-corrected chi connectivity index (χ0v) is 12.3. The van der Waals surface area contributed by atoms with Crippen molar-refractivity contribution in [3.8, 4) is 0 Å². The molecular formula is C13H21ClN2OS. The van der Waals surface area contributed by atoms with Gasteiger partial charge in [0.15, 0.2) is 0 Å². The Kier molecular flexibility index (Phi) is 6.12. The van der Waals surface area contributed by atoms with Gasteiger partial charge in [0.1, 0.15) is 0 Å². The lowest BCUT2D eigenvalue weighted by Gasteiger charge is -2.32. The number of piperidine rings is 1. The molecule has 0 radical (unpaired) electrons. The molecule has 18 heavy (non-hydrogen) atoms. The van der Waals surface area contributed by atoms with E-state index in [1.807, 2.05) is 6.07 Å². The molecule has 1 unspecified atom stereocenters. The van der Waals surface area contributed by atoms with Gasteiger partial charge in [0.2, 0.25) is 5.91 Å². The number of rotatable bonds is 4. The minimum atomic E-state index is -0.215. The van der Waals surface area contributed by atoms with Crippen LogP contribution >= 0.6 is 23.7 Å². The average Bonchev–Trinajstić information content (AvgIpc) is 2.83. The van der Waals surface area contributed by atoms with E-state index in [4.69, 9.17) is 0 Å². The van der Waals surface area contributed by atoms with Crippen LogP contribution in [0.25, 0.3) is 0 Å². The van der Waals surface area contributed by atoms with Gasteiger partial charge in [-0.05, 0) is 44.2 Å². The molecule has 102 valence electrons. The number of halogens is 1. The van der Waals surface area contributed by atoms with E-state index in [-0.39, 0.29) is 23.7 Å². The molecule has 0 aromatic carbocycles. The van der Waals surface area contributed by atoms with E-state index in [9.17, 15) is 4.79 Å². The van der Waals surface area contributed by atoms with Gasteiger partial charge >= 0.3 is 0 Å². The Hall–Kier alpha value is -0.580. The highest BCUT2D eigenvalue weighted by atomic mass is 35.5. The van der Waals surface area contributed by atoms with Crippen LogP contribution in [0.2, 0.25) is 0 Å². The van der Waals surface area contributed by atoms with Crippen molar-refractivity contribution in [3.63, 3.8) is 0 Å². The molecular weight excluding hydrogens is 268 g/mol. The fraction of sp³-hybridized carbons (Fsp3) is 0.615. The number of hydrogen-bond donors (Lipinski definition) is 2. The van der Waals surface area contributed by atoms with Crippen LogP contribution in [0.4, 0.5) is 0 Å². The Balaban J connectivity index is 0.00000162. The monoisotopic (exact) mass is 288 g/mol. The molecule has 2 rings (SSSR count). The minimum absolute atomic E-state index is 0. The maximum absolute atomic E-state index is 12.1. The first-order valence-corrected chi connectivity index (χ1v) is 7.10. The Morgan fingerprint density at radius 2 is 2.44 bits per heavy atom. The smallest absolute Gasteiger partial charge is 0.227 e. The summed E-state index contributed by atoms with van der Waals surface area (Å²) in [5.74, 6) is 0.196.